The van der Waals surface area contributed by atoms with Crippen LogP contribution in [0.25, 0.3) is 0 Å². The highest BCUT2D eigenvalue weighted by Gasteiger charge is 2.71. The van der Waals surface area contributed by atoms with Crippen molar-refractivity contribution in [3.8, 4) is 0 Å². The first-order valence-corrected chi connectivity index (χ1v) is 17.8. The molecule has 3 aliphatic carbocycles. The first-order chi connectivity index (χ1) is 21.9. The molecule has 2 saturated carbocycles. The predicted molar refractivity (Wildman–Crippen MR) is 158 cm³/mol. The van der Waals surface area contributed by atoms with Crippen LogP contribution < -0.4 is 0 Å². The van der Waals surface area contributed by atoms with Crippen molar-refractivity contribution in [3.05, 3.63) is 46.1 Å². The molecule has 9 nitrogen and oxygen atoms in total. The van der Waals surface area contributed by atoms with Gasteiger partial charge in [0.15, 0.2) is 16.8 Å². The molecule has 11 atom stereocenters. The summed E-state index contributed by atoms with van der Waals surface area (Å²) in [5, 5.41) is 0. The fourth-order valence-electron chi connectivity index (χ4n) is 13.8. The third-order valence-corrected chi connectivity index (χ3v) is 15.0. The second-order valence-corrected chi connectivity index (χ2v) is 16.3. The molecule has 9 heterocycles. The van der Waals surface area contributed by atoms with Crippen LogP contribution in [0.2, 0.25) is 0 Å². The van der Waals surface area contributed by atoms with Crippen molar-refractivity contribution >= 4 is 17.9 Å². The van der Waals surface area contributed by atoms with Gasteiger partial charge in [-0.1, -0.05) is 6.08 Å². The van der Waals surface area contributed by atoms with E-state index >= 15 is 0 Å². The van der Waals surface area contributed by atoms with Gasteiger partial charge in [0.1, 0.15) is 0 Å². The highest BCUT2D eigenvalue weighted by Crippen LogP contribution is 2.65. The normalized spacial score (nSPS) is 51.7. The van der Waals surface area contributed by atoms with Crippen molar-refractivity contribution in [1.29, 1.82) is 0 Å². The topological polar surface area (TPSA) is 88.6 Å². The lowest BCUT2D eigenvalue weighted by atomic mass is 9.63. The Morgan fingerprint density at radius 3 is 2.11 bits per heavy atom. The molecule has 45 heavy (non-hydrogen) atoms. The maximum Gasteiger partial charge on any atom is 0.335 e. The molecule has 12 rings (SSSR count). The standard InChI is InChI=1S/C36H39N3O6/c40-30-11-18-10-22(26-16-34(18,43-30)27-4-2-9-39(26)27)32-24-13-21(25-17-36(24,45-33(32)42)29-6-3-8-38(25)29)20-12-19-15-35(23(20)14-31(41)44-35)28-5-1-7-37(19)28/h11-12,14,19,21-22,25-29H,1-10,13,15-17H2/t19-,21+,22-,25+,26-,27+,28-,29-,34-,35+,36+/m1/s1. The van der Waals surface area contributed by atoms with Gasteiger partial charge in [-0.2, -0.15) is 0 Å². The lowest BCUT2D eigenvalue weighted by molar-refractivity contribution is -0.150. The van der Waals surface area contributed by atoms with E-state index in [1.165, 1.54) is 11.1 Å². The van der Waals surface area contributed by atoms with Crippen molar-refractivity contribution in [1.82, 2.24) is 14.7 Å². The maximum absolute atomic E-state index is 14.4. The molecule has 0 amide bonds. The Morgan fingerprint density at radius 1 is 0.667 bits per heavy atom. The van der Waals surface area contributed by atoms with E-state index < -0.39 is 16.8 Å². The van der Waals surface area contributed by atoms with Crippen LogP contribution >= 0.6 is 0 Å². The average Bonchev–Trinajstić information content (AvgIpc) is 3.85. The average molecular weight is 610 g/mol. The summed E-state index contributed by atoms with van der Waals surface area (Å²) in [6.07, 6.45) is 16.6. The van der Waals surface area contributed by atoms with Gasteiger partial charge in [0.25, 0.3) is 0 Å². The summed E-state index contributed by atoms with van der Waals surface area (Å²) in [6.45, 7) is 3.10. The minimum Gasteiger partial charge on any atom is -0.450 e. The van der Waals surface area contributed by atoms with Crippen LogP contribution in [-0.4, -0.2) is 105 Å². The summed E-state index contributed by atoms with van der Waals surface area (Å²) in [7, 11) is 0. The Balaban J connectivity index is 1.02. The molecule has 234 valence electrons. The fourth-order valence-corrected chi connectivity index (χ4v) is 13.8. The number of carbonyl (C=O) groups is 3. The molecule has 9 aliphatic heterocycles. The number of nitrogens with zero attached hydrogens (tertiary/aromatic N) is 3. The number of ether oxygens (including phenoxy) is 3. The van der Waals surface area contributed by atoms with E-state index in [0.29, 0.717) is 12.5 Å². The first kappa shape index (κ1) is 25.4. The Kier molecular flexibility index (Phi) is 4.42. The number of rotatable bonds is 2. The van der Waals surface area contributed by atoms with E-state index in [-0.39, 0.29) is 60.0 Å². The van der Waals surface area contributed by atoms with E-state index in [9.17, 15) is 14.4 Å². The Morgan fingerprint density at radius 2 is 1.31 bits per heavy atom. The molecule has 0 unspecified atom stereocenters. The van der Waals surface area contributed by atoms with E-state index in [1.807, 2.05) is 6.08 Å². The van der Waals surface area contributed by atoms with Crippen molar-refractivity contribution in [2.24, 2.45) is 11.8 Å². The van der Waals surface area contributed by atoms with Crippen LogP contribution in [0.1, 0.15) is 70.6 Å². The predicted octanol–water partition coefficient (Wildman–Crippen LogP) is 2.71. The molecule has 0 aromatic carbocycles. The van der Waals surface area contributed by atoms with Crippen molar-refractivity contribution in [2.45, 2.75) is 124 Å². The van der Waals surface area contributed by atoms with Gasteiger partial charge < -0.3 is 14.2 Å². The fraction of sp³-hybridized carbons (Fsp3) is 0.694. The maximum atomic E-state index is 14.4. The van der Waals surface area contributed by atoms with Crippen LogP contribution in [0.3, 0.4) is 0 Å². The van der Waals surface area contributed by atoms with Gasteiger partial charge in [-0.3, -0.25) is 14.7 Å². The Bertz CT molecular complexity index is 1680. The smallest absolute Gasteiger partial charge is 0.335 e. The van der Waals surface area contributed by atoms with Crippen LogP contribution in [0.5, 0.6) is 0 Å². The van der Waals surface area contributed by atoms with Crippen LogP contribution in [0.4, 0.5) is 0 Å². The number of hydrogen-bond donors (Lipinski definition) is 0. The summed E-state index contributed by atoms with van der Waals surface area (Å²) >= 11 is 0. The van der Waals surface area contributed by atoms with Crippen molar-refractivity contribution in [2.75, 3.05) is 19.6 Å². The zero-order valence-corrected chi connectivity index (χ0v) is 25.5. The summed E-state index contributed by atoms with van der Waals surface area (Å²) < 4.78 is 19.2. The number of esters is 3. The lowest BCUT2D eigenvalue weighted by Gasteiger charge is -2.42. The summed E-state index contributed by atoms with van der Waals surface area (Å²) in [5.74, 6) is -0.300. The van der Waals surface area contributed by atoms with E-state index in [2.05, 4.69) is 20.8 Å². The third kappa shape index (κ3) is 2.71. The second kappa shape index (κ2) is 7.85. The Hall–Kier alpha value is -2.75. The van der Waals surface area contributed by atoms with Crippen molar-refractivity contribution in [3.63, 3.8) is 0 Å². The van der Waals surface area contributed by atoms with Gasteiger partial charge >= 0.3 is 17.9 Å². The molecule has 0 radical (unpaired) electrons. The van der Waals surface area contributed by atoms with Crippen molar-refractivity contribution < 1.29 is 28.6 Å². The van der Waals surface area contributed by atoms with Crippen LogP contribution in [-0.2, 0) is 28.6 Å². The van der Waals surface area contributed by atoms with E-state index in [0.717, 1.165) is 101 Å². The zero-order valence-electron chi connectivity index (χ0n) is 25.5. The number of carbonyl (C=O) groups excluding carboxylic acids is 3. The molecule has 12 aliphatic rings. The minimum atomic E-state index is -0.541. The molecular weight excluding hydrogens is 570 g/mol. The molecule has 9 heteroatoms. The molecule has 6 bridgehead atoms. The van der Waals surface area contributed by atoms with Gasteiger partial charge in [0.05, 0.1) is 18.1 Å². The molecule has 8 fully saturated rings. The Labute approximate surface area is 262 Å². The zero-order chi connectivity index (χ0) is 29.6. The van der Waals surface area contributed by atoms with Gasteiger partial charge in [-0.15, -0.1) is 0 Å². The number of fused-ring (bicyclic) bond motifs is 9. The summed E-state index contributed by atoms with van der Waals surface area (Å²) in [4.78, 5) is 48.0. The monoisotopic (exact) mass is 609 g/mol. The third-order valence-electron chi connectivity index (χ3n) is 15.0. The summed E-state index contributed by atoms with van der Waals surface area (Å²) in [6, 6.07) is 1.50. The highest BCUT2D eigenvalue weighted by molar-refractivity contribution is 5.95. The molecular formula is C36H39N3O6. The molecule has 3 spiro atoms. The minimum absolute atomic E-state index is 0.0143. The molecule has 6 saturated heterocycles. The molecule has 0 N–H and O–H groups in total. The second-order valence-electron chi connectivity index (χ2n) is 16.3. The quantitative estimate of drug-likeness (QED) is 0.347. The van der Waals surface area contributed by atoms with Crippen LogP contribution in [0.15, 0.2) is 46.1 Å². The first-order valence-electron chi connectivity index (χ1n) is 17.8. The van der Waals surface area contributed by atoms with E-state index in [4.69, 9.17) is 14.2 Å². The molecule has 0 aromatic rings. The lowest BCUT2D eigenvalue weighted by Crippen LogP contribution is -2.46. The highest BCUT2D eigenvalue weighted by atomic mass is 16.6. The van der Waals surface area contributed by atoms with Gasteiger partial charge in [0.2, 0.25) is 0 Å². The van der Waals surface area contributed by atoms with Gasteiger partial charge in [-0.25, -0.2) is 14.4 Å². The number of hydrogen-bond acceptors (Lipinski definition) is 9. The van der Waals surface area contributed by atoms with Gasteiger partial charge in [0, 0.05) is 72.5 Å². The largest absolute Gasteiger partial charge is 0.450 e. The molecule has 0 aromatic heterocycles. The van der Waals surface area contributed by atoms with E-state index in [1.54, 1.807) is 6.08 Å². The van der Waals surface area contributed by atoms with Gasteiger partial charge in [-0.05, 0) is 87.7 Å². The SMILES string of the molecule is O=C1C=C2C([C@@H]3CC4=C([C@@H]5CC6=CC(=O)O[C@]67C[C@H]5N5CCC[C@H]57)C(=O)O[C@@]45C[C@@H]3N3CCC[C@@H]35)=C[C@@H]3C[C@@]2(O1)[C@H]1CCCN31. The van der Waals surface area contributed by atoms with Crippen LogP contribution in [0, 0.1) is 11.8 Å². The summed E-state index contributed by atoms with van der Waals surface area (Å²) in [5.41, 5.74) is 4.16.